The number of hydrogen-bond acceptors (Lipinski definition) is 3. The zero-order valence-electron chi connectivity index (χ0n) is 10.1. The maximum atomic E-state index is 11.6. The number of nitrogens with zero attached hydrogens (tertiary/aromatic N) is 1. The molecule has 0 radical (unpaired) electrons. The van der Waals surface area contributed by atoms with Gasteiger partial charge in [0.25, 0.3) is 0 Å². The molecule has 0 amide bonds. The van der Waals surface area contributed by atoms with Crippen molar-refractivity contribution in [3.63, 3.8) is 0 Å². The number of benzene rings is 1. The van der Waals surface area contributed by atoms with E-state index in [4.69, 9.17) is 4.74 Å². The summed E-state index contributed by atoms with van der Waals surface area (Å²) in [5.41, 5.74) is 2.05. The SMILES string of the molecule is O=C(Cc1cccnc1)OCCc1ccccc1. The second-order valence-electron chi connectivity index (χ2n) is 3.99. The quantitative estimate of drug-likeness (QED) is 0.755. The third-order valence-corrected chi connectivity index (χ3v) is 2.57. The highest BCUT2D eigenvalue weighted by Crippen LogP contribution is 2.02. The Bertz CT molecular complexity index is 482. The molecule has 2 aromatic rings. The minimum absolute atomic E-state index is 0.209. The van der Waals surface area contributed by atoms with Crippen molar-refractivity contribution in [3.05, 3.63) is 66.0 Å². The molecule has 0 spiro atoms. The largest absolute Gasteiger partial charge is 0.465 e. The fraction of sp³-hybridized carbons (Fsp3) is 0.200. The smallest absolute Gasteiger partial charge is 0.310 e. The first-order valence-corrected chi connectivity index (χ1v) is 5.93. The van der Waals surface area contributed by atoms with Gasteiger partial charge in [-0.2, -0.15) is 0 Å². The van der Waals surface area contributed by atoms with Crippen molar-refractivity contribution >= 4 is 5.97 Å². The Morgan fingerprint density at radius 1 is 1.06 bits per heavy atom. The van der Waals surface area contributed by atoms with Gasteiger partial charge in [-0.15, -0.1) is 0 Å². The van der Waals surface area contributed by atoms with Crippen molar-refractivity contribution in [2.24, 2.45) is 0 Å². The van der Waals surface area contributed by atoms with Gasteiger partial charge >= 0.3 is 5.97 Å². The minimum atomic E-state index is -0.209. The van der Waals surface area contributed by atoms with Crippen LogP contribution in [0.15, 0.2) is 54.9 Å². The summed E-state index contributed by atoms with van der Waals surface area (Å²) in [4.78, 5) is 15.5. The zero-order valence-corrected chi connectivity index (χ0v) is 10.1. The van der Waals surface area contributed by atoms with E-state index in [1.807, 2.05) is 42.5 Å². The molecule has 0 aliphatic rings. The lowest BCUT2D eigenvalue weighted by atomic mass is 10.2. The molecule has 0 aliphatic heterocycles. The van der Waals surface area contributed by atoms with Crippen molar-refractivity contribution in [1.29, 1.82) is 0 Å². The van der Waals surface area contributed by atoms with Gasteiger partial charge in [0.2, 0.25) is 0 Å². The van der Waals surface area contributed by atoms with Gasteiger partial charge in [-0.05, 0) is 17.2 Å². The Balaban J connectivity index is 1.73. The lowest BCUT2D eigenvalue weighted by molar-refractivity contribution is -0.142. The monoisotopic (exact) mass is 241 g/mol. The molecule has 1 aromatic carbocycles. The second-order valence-corrected chi connectivity index (χ2v) is 3.99. The lowest BCUT2D eigenvalue weighted by Crippen LogP contribution is -2.10. The van der Waals surface area contributed by atoms with Crippen molar-refractivity contribution in [2.45, 2.75) is 12.8 Å². The van der Waals surface area contributed by atoms with Crippen LogP contribution < -0.4 is 0 Å². The molecule has 0 atom stereocenters. The molecule has 0 bridgehead atoms. The van der Waals surface area contributed by atoms with Gasteiger partial charge in [-0.3, -0.25) is 9.78 Å². The maximum absolute atomic E-state index is 11.6. The van der Waals surface area contributed by atoms with E-state index in [0.717, 1.165) is 12.0 Å². The standard InChI is InChI=1S/C15H15NO2/c17-15(11-14-7-4-9-16-12-14)18-10-8-13-5-2-1-3-6-13/h1-7,9,12H,8,10-11H2. The van der Waals surface area contributed by atoms with Crippen LogP contribution in [-0.4, -0.2) is 17.6 Å². The first kappa shape index (κ1) is 12.3. The summed E-state index contributed by atoms with van der Waals surface area (Å²) in [6, 6.07) is 13.7. The van der Waals surface area contributed by atoms with Crippen LogP contribution in [0.1, 0.15) is 11.1 Å². The van der Waals surface area contributed by atoms with Gasteiger partial charge in [-0.1, -0.05) is 36.4 Å². The summed E-state index contributed by atoms with van der Waals surface area (Å²) in [5, 5.41) is 0. The summed E-state index contributed by atoms with van der Waals surface area (Å²) >= 11 is 0. The zero-order chi connectivity index (χ0) is 12.6. The van der Waals surface area contributed by atoms with Crippen LogP contribution in [-0.2, 0) is 22.4 Å². The first-order valence-electron chi connectivity index (χ1n) is 5.93. The Labute approximate surface area is 106 Å². The van der Waals surface area contributed by atoms with Crippen LogP contribution in [0.5, 0.6) is 0 Å². The van der Waals surface area contributed by atoms with E-state index in [1.54, 1.807) is 12.4 Å². The average molecular weight is 241 g/mol. The topological polar surface area (TPSA) is 39.2 Å². The van der Waals surface area contributed by atoms with Crippen molar-refractivity contribution < 1.29 is 9.53 Å². The summed E-state index contributed by atoms with van der Waals surface area (Å²) < 4.78 is 5.18. The Kier molecular flexibility index (Phi) is 4.47. The number of aromatic nitrogens is 1. The van der Waals surface area contributed by atoms with E-state index in [9.17, 15) is 4.79 Å². The van der Waals surface area contributed by atoms with Gasteiger partial charge in [0.05, 0.1) is 13.0 Å². The molecular formula is C15H15NO2. The van der Waals surface area contributed by atoms with Crippen LogP contribution in [0.25, 0.3) is 0 Å². The van der Waals surface area contributed by atoms with Crippen LogP contribution in [0.2, 0.25) is 0 Å². The molecular weight excluding hydrogens is 226 g/mol. The lowest BCUT2D eigenvalue weighted by Gasteiger charge is -2.04. The molecule has 92 valence electrons. The number of esters is 1. The minimum Gasteiger partial charge on any atom is -0.465 e. The van der Waals surface area contributed by atoms with E-state index >= 15 is 0 Å². The number of carbonyl (C=O) groups excluding carboxylic acids is 1. The fourth-order valence-corrected chi connectivity index (χ4v) is 1.65. The predicted octanol–water partition coefficient (Wildman–Crippen LogP) is 2.41. The molecule has 0 fully saturated rings. The molecule has 0 saturated heterocycles. The summed E-state index contributed by atoms with van der Waals surface area (Å²) in [6.45, 7) is 0.420. The van der Waals surface area contributed by atoms with E-state index in [-0.39, 0.29) is 12.4 Å². The maximum Gasteiger partial charge on any atom is 0.310 e. The number of hydrogen-bond donors (Lipinski definition) is 0. The van der Waals surface area contributed by atoms with Crippen LogP contribution in [0, 0.1) is 0 Å². The highest BCUT2D eigenvalue weighted by Gasteiger charge is 2.04. The molecule has 1 aromatic heterocycles. The van der Waals surface area contributed by atoms with Crippen LogP contribution >= 0.6 is 0 Å². The van der Waals surface area contributed by atoms with Crippen LogP contribution in [0.3, 0.4) is 0 Å². The Hall–Kier alpha value is -2.16. The molecule has 2 rings (SSSR count). The van der Waals surface area contributed by atoms with Gasteiger partial charge in [0, 0.05) is 18.8 Å². The van der Waals surface area contributed by atoms with Crippen molar-refractivity contribution in [2.75, 3.05) is 6.61 Å². The van der Waals surface area contributed by atoms with Crippen molar-refractivity contribution in [3.8, 4) is 0 Å². The molecule has 0 saturated carbocycles. The molecule has 18 heavy (non-hydrogen) atoms. The van der Waals surface area contributed by atoms with E-state index < -0.39 is 0 Å². The number of rotatable bonds is 5. The molecule has 3 heteroatoms. The predicted molar refractivity (Wildman–Crippen MR) is 69.0 cm³/mol. The summed E-state index contributed by atoms with van der Waals surface area (Å²) in [5.74, 6) is -0.209. The number of pyridine rings is 1. The summed E-state index contributed by atoms with van der Waals surface area (Å²) in [7, 11) is 0. The average Bonchev–Trinajstić information content (AvgIpc) is 2.41. The van der Waals surface area contributed by atoms with E-state index in [2.05, 4.69) is 4.98 Å². The van der Waals surface area contributed by atoms with Gasteiger partial charge in [0.15, 0.2) is 0 Å². The molecule has 1 heterocycles. The number of ether oxygens (including phenoxy) is 1. The highest BCUT2D eigenvalue weighted by molar-refractivity contribution is 5.72. The third kappa shape index (κ3) is 4.01. The van der Waals surface area contributed by atoms with Crippen molar-refractivity contribution in [1.82, 2.24) is 4.98 Å². The van der Waals surface area contributed by atoms with Gasteiger partial charge in [0.1, 0.15) is 0 Å². The normalized spacial score (nSPS) is 10.0. The highest BCUT2D eigenvalue weighted by atomic mass is 16.5. The first-order chi connectivity index (χ1) is 8.84. The summed E-state index contributed by atoms with van der Waals surface area (Å²) in [6.07, 6.45) is 4.39. The second kappa shape index (κ2) is 6.55. The Morgan fingerprint density at radius 2 is 1.83 bits per heavy atom. The van der Waals surface area contributed by atoms with E-state index in [1.165, 1.54) is 5.56 Å². The third-order valence-electron chi connectivity index (χ3n) is 2.57. The fourth-order valence-electron chi connectivity index (χ4n) is 1.65. The van der Waals surface area contributed by atoms with Crippen LogP contribution in [0.4, 0.5) is 0 Å². The molecule has 0 unspecified atom stereocenters. The molecule has 0 aliphatic carbocycles. The Morgan fingerprint density at radius 3 is 2.56 bits per heavy atom. The molecule has 0 N–H and O–H groups in total. The molecule has 3 nitrogen and oxygen atoms in total. The van der Waals surface area contributed by atoms with E-state index in [0.29, 0.717) is 6.61 Å². The van der Waals surface area contributed by atoms with Gasteiger partial charge in [-0.25, -0.2) is 0 Å². The number of carbonyl (C=O) groups is 1. The van der Waals surface area contributed by atoms with Gasteiger partial charge < -0.3 is 4.74 Å².